The molecule has 0 nitrogen and oxygen atoms in total. The molecule has 0 heterocycles. The summed E-state index contributed by atoms with van der Waals surface area (Å²) in [6, 6.07) is 6.50. The Morgan fingerprint density at radius 3 is 2.54 bits per heavy atom. The molecule has 13 heavy (non-hydrogen) atoms. The van der Waals surface area contributed by atoms with E-state index in [0.717, 1.165) is 0 Å². The predicted octanol–water partition coefficient (Wildman–Crippen LogP) is 4.53. The van der Waals surface area contributed by atoms with Gasteiger partial charge in [-0.25, -0.2) is 0 Å². The summed E-state index contributed by atoms with van der Waals surface area (Å²) in [5.41, 5.74) is 2.97. The van der Waals surface area contributed by atoms with E-state index in [4.69, 9.17) is 0 Å². The van der Waals surface area contributed by atoms with Crippen LogP contribution in [-0.2, 0) is 6.42 Å². The second-order valence-corrected chi connectivity index (χ2v) is 4.57. The molecular weight excluding hydrogens is 224 g/mol. The summed E-state index contributed by atoms with van der Waals surface area (Å²) in [4.78, 5) is 0. The van der Waals surface area contributed by atoms with Gasteiger partial charge >= 0.3 is 0 Å². The van der Waals surface area contributed by atoms with Gasteiger partial charge in [-0.2, -0.15) is 0 Å². The Morgan fingerprint density at radius 1 is 1.31 bits per heavy atom. The van der Waals surface area contributed by atoms with Crippen molar-refractivity contribution >= 4 is 15.9 Å². The third-order valence-corrected chi connectivity index (χ3v) is 3.02. The smallest absolute Gasteiger partial charge is 0.0210 e. The van der Waals surface area contributed by atoms with Gasteiger partial charge in [-0.15, -0.1) is 0 Å². The van der Waals surface area contributed by atoms with Crippen LogP contribution in [0.1, 0.15) is 44.2 Å². The summed E-state index contributed by atoms with van der Waals surface area (Å²) < 4.78 is 1.26. The van der Waals surface area contributed by atoms with Crippen molar-refractivity contribution in [1.29, 1.82) is 0 Å². The number of rotatable bonds is 3. The van der Waals surface area contributed by atoms with Crippen molar-refractivity contribution < 1.29 is 0 Å². The minimum absolute atomic E-state index is 0.624. The number of halogens is 1. The molecule has 1 rings (SSSR count). The Morgan fingerprint density at radius 2 is 2.00 bits per heavy atom. The molecule has 0 saturated heterocycles. The molecule has 0 radical (unpaired) electrons. The molecule has 0 unspecified atom stereocenters. The first-order valence-corrected chi connectivity index (χ1v) is 5.73. The first-order chi connectivity index (χ1) is 6.16. The van der Waals surface area contributed by atoms with Crippen molar-refractivity contribution in [2.75, 3.05) is 0 Å². The van der Waals surface area contributed by atoms with Gasteiger partial charge in [-0.1, -0.05) is 55.3 Å². The van der Waals surface area contributed by atoms with Crippen LogP contribution in [0.15, 0.2) is 22.7 Å². The standard InChI is InChI=1S/C12H17Br/c1-4-6-11-10(9(2)3)7-5-8-12(11)13/h5,7-9H,4,6H2,1-3H3. The fourth-order valence-electron chi connectivity index (χ4n) is 1.63. The van der Waals surface area contributed by atoms with Gasteiger partial charge in [0, 0.05) is 4.47 Å². The molecule has 1 aromatic rings. The van der Waals surface area contributed by atoms with E-state index in [1.807, 2.05) is 0 Å². The molecule has 0 atom stereocenters. The van der Waals surface area contributed by atoms with E-state index in [1.54, 1.807) is 0 Å². The maximum Gasteiger partial charge on any atom is 0.0210 e. The van der Waals surface area contributed by atoms with Crippen molar-refractivity contribution in [3.8, 4) is 0 Å². The molecule has 0 aliphatic rings. The minimum atomic E-state index is 0.624. The summed E-state index contributed by atoms with van der Waals surface area (Å²) in [6.45, 7) is 6.73. The Balaban J connectivity index is 3.09. The molecule has 0 amide bonds. The van der Waals surface area contributed by atoms with Gasteiger partial charge in [-0.05, 0) is 29.5 Å². The van der Waals surface area contributed by atoms with Crippen LogP contribution in [0.3, 0.4) is 0 Å². The van der Waals surface area contributed by atoms with Crippen molar-refractivity contribution in [2.45, 2.75) is 39.5 Å². The van der Waals surface area contributed by atoms with Gasteiger partial charge in [0.1, 0.15) is 0 Å². The molecule has 0 aliphatic heterocycles. The number of hydrogen-bond acceptors (Lipinski definition) is 0. The average Bonchev–Trinajstić information content (AvgIpc) is 2.08. The summed E-state index contributed by atoms with van der Waals surface area (Å²) in [7, 11) is 0. The molecule has 0 bridgehead atoms. The highest BCUT2D eigenvalue weighted by Crippen LogP contribution is 2.27. The average molecular weight is 241 g/mol. The monoisotopic (exact) mass is 240 g/mol. The fourth-order valence-corrected chi connectivity index (χ4v) is 2.21. The highest BCUT2D eigenvalue weighted by Gasteiger charge is 2.08. The summed E-state index contributed by atoms with van der Waals surface area (Å²) >= 11 is 3.62. The Labute approximate surface area is 89.5 Å². The highest BCUT2D eigenvalue weighted by molar-refractivity contribution is 9.10. The lowest BCUT2D eigenvalue weighted by Gasteiger charge is -2.13. The zero-order valence-corrected chi connectivity index (χ0v) is 10.2. The molecule has 0 spiro atoms. The fraction of sp³-hybridized carbons (Fsp3) is 0.500. The molecular formula is C12H17Br. The zero-order valence-electron chi connectivity index (χ0n) is 8.60. The quantitative estimate of drug-likeness (QED) is 0.729. The van der Waals surface area contributed by atoms with Gasteiger partial charge in [0.05, 0.1) is 0 Å². The van der Waals surface area contributed by atoms with Crippen LogP contribution < -0.4 is 0 Å². The van der Waals surface area contributed by atoms with E-state index in [-0.39, 0.29) is 0 Å². The van der Waals surface area contributed by atoms with Gasteiger partial charge in [0.25, 0.3) is 0 Å². The van der Waals surface area contributed by atoms with E-state index in [1.165, 1.54) is 28.4 Å². The minimum Gasteiger partial charge on any atom is -0.0651 e. The van der Waals surface area contributed by atoms with E-state index < -0.39 is 0 Å². The molecule has 1 aromatic carbocycles. The van der Waals surface area contributed by atoms with Gasteiger partial charge in [0.15, 0.2) is 0 Å². The van der Waals surface area contributed by atoms with Crippen LogP contribution >= 0.6 is 15.9 Å². The van der Waals surface area contributed by atoms with Crippen LogP contribution in [0.2, 0.25) is 0 Å². The van der Waals surface area contributed by atoms with Crippen molar-refractivity contribution in [3.63, 3.8) is 0 Å². The third kappa shape index (κ3) is 2.57. The molecule has 0 N–H and O–H groups in total. The summed E-state index contributed by atoms with van der Waals surface area (Å²) in [5, 5.41) is 0. The van der Waals surface area contributed by atoms with Crippen molar-refractivity contribution in [2.24, 2.45) is 0 Å². The summed E-state index contributed by atoms with van der Waals surface area (Å²) in [6.07, 6.45) is 2.39. The maximum atomic E-state index is 3.62. The lowest BCUT2D eigenvalue weighted by atomic mass is 9.95. The third-order valence-electron chi connectivity index (χ3n) is 2.28. The van der Waals surface area contributed by atoms with Crippen LogP contribution in [0.25, 0.3) is 0 Å². The van der Waals surface area contributed by atoms with Gasteiger partial charge in [-0.3, -0.25) is 0 Å². The molecule has 0 aromatic heterocycles. The van der Waals surface area contributed by atoms with Crippen LogP contribution in [0.5, 0.6) is 0 Å². The normalized spacial score (nSPS) is 10.8. The Bertz CT molecular complexity index is 276. The van der Waals surface area contributed by atoms with Crippen molar-refractivity contribution in [1.82, 2.24) is 0 Å². The summed E-state index contributed by atoms with van der Waals surface area (Å²) in [5.74, 6) is 0.624. The second-order valence-electron chi connectivity index (χ2n) is 3.71. The zero-order chi connectivity index (χ0) is 9.84. The van der Waals surface area contributed by atoms with Crippen LogP contribution in [-0.4, -0.2) is 0 Å². The van der Waals surface area contributed by atoms with Gasteiger partial charge < -0.3 is 0 Å². The van der Waals surface area contributed by atoms with Crippen LogP contribution in [0.4, 0.5) is 0 Å². The maximum absolute atomic E-state index is 3.62. The number of hydrogen-bond donors (Lipinski definition) is 0. The molecule has 1 heteroatoms. The Hall–Kier alpha value is -0.300. The SMILES string of the molecule is CCCc1c(Br)cccc1C(C)C. The predicted molar refractivity (Wildman–Crippen MR) is 62.2 cm³/mol. The van der Waals surface area contributed by atoms with Crippen LogP contribution in [0, 0.1) is 0 Å². The molecule has 0 aliphatic carbocycles. The van der Waals surface area contributed by atoms with Gasteiger partial charge in [0.2, 0.25) is 0 Å². The molecule has 0 fully saturated rings. The molecule has 72 valence electrons. The lowest BCUT2D eigenvalue weighted by Crippen LogP contribution is -1.96. The highest BCUT2D eigenvalue weighted by atomic mass is 79.9. The van der Waals surface area contributed by atoms with E-state index >= 15 is 0 Å². The number of benzene rings is 1. The first kappa shape index (κ1) is 10.8. The van der Waals surface area contributed by atoms with E-state index in [9.17, 15) is 0 Å². The van der Waals surface area contributed by atoms with E-state index in [2.05, 4.69) is 54.9 Å². The van der Waals surface area contributed by atoms with E-state index in [0.29, 0.717) is 5.92 Å². The van der Waals surface area contributed by atoms with Crippen molar-refractivity contribution in [3.05, 3.63) is 33.8 Å². The largest absolute Gasteiger partial charge is 0.0651 e. The topological polar surface area (TPSA) is 0 Å². The Kier molecular flexibility index (Phi) is 3.98. The molecule has 0 saturated carbocycles. The first-order valence-electron chi connectivity index (χ1n) is 4.94. The second kappa shape index (κ2) is 4.80. The lowest BCUT2D eigenvalue weighted by molar-refractivity contribution is 0.817.